The van der Waals surface area contributed by atoms with Gasteiger partial charge in [-0.15, -0.1) is 0 Å². The molecule has 3 nitrogen and oxygen atoms in total. The number of nitrogens with two attached hydrogens (primary N) is 1. The number of nitrogens with zero attached hydrogens (tertiary/aromatic N) is 1. The minimum atomic E-state index is 1.11. The van der Waals surface area contributed by atoms with Crippen molar-refractivity contribution < 1.29 is 0 Å². The van der Waals surface area contributed by atoms with Crippen LogP contribution in [0.5, 0.6) is 0 Å². The van der Waals surface area contributed by atoms with E-state index in [1.165, 1.54) is 12.8 Å². The summed E-state index contributed by atoms with van der Waals surface area (Å²) in [6.07, 6.45) is 2.56. The lowest BCUT2D eigenvalue weighted by molar-refractivity contribution is 0.240. The molecule has 0 aromatic rings. The maximum absolute atomic E-state index is 5.11. The Morgan fingerprint density at radius 2 is 1.86 bits per heavy atom. The third kappa shape index (κ3) is 1.12. The van der Waals surface area contributed by atoms with Gasteiger partial charge in [-0.3, -0.25) is 5.84 Å². The summed E-state index contributed by atoms with van der Waals surface area (Å²) >= 11 is 0. The number of nitrogens with one attached hydrogen (secondary N) is 1. The van der Waals surface area contributed by atoms with Crippen molar-refractivity contribution in [1.82, 2.24) is 10.5 Å². The van der Waals surface area contributed by atoms with Gasteiger partial charge in [0.2, 0.25) is 0 Å². The van der Waals surface area contributed by atoms with E-state index in [1.54, 1.807) is 0 Å². The third-order valence-electron chi connectivity index (χ3n) is 1.29. The minimum absolute atomic E-state index is 1.11. The third-order valence-corrected chi connectivity index (χ3v) is 1.29. The van der Waals surface area contributed by atoms with Crippen molar-refractivity contribution in [3.05, 3.63) is 0 Å². The highest BCUT2D eigenvalue weighted by Gasteiger charge is 2.07. The van der Waals surface area contributed by atoms with Crippen LogP contribution in [-0.4, -0.2) is 18.1 Å². The van der Waals surface area contributed by atoms with Crippen molar-refractivity contribution in [1.29, 1.82) is 0 Å². The molecule has 0 spiro atoms. The van der Waals surface area contributed by atoms with Crippen LogP contribution in [0.1, 0.15) is 12.8 Å². The summed E-state index contributed by atoms with van der Waals surface area (Å²) < 4.78 is 0. The predicted octanol–water partition coefficient (Wildman–Crippen LogP) is -0.540. The Morgan fingerprint density at radius 3 is 2.14 bits per heavy atom. The quantitative estimate of drug-likeness (QED) is 0.344. The van der Waals surface area contributed by atoms with Gasteiger partial charge >= 0.3 is 0 Å². The Labute approximate surface area is 43.4 Å². The standard InChI is InChI=1S/C4H11N3/c5-6-7-3-1-2-4-7/h6H,1-5H2. The molecule has 0 saturated carbocycles. The van der Waals surface area contributed by atoms with E-state index < -0.39 is 0 Å². The first-order chi connectivity index (χ1) is 3.43. The van der Waals surface area contributed by atoms with Crippen LogP contribution in [0.3, 0.4) is 0 Å². The van der Waals surface area contributed by atoms with Crippen molar-refractivity contribution in [2.24, 2.45) is 5.84 Å². The Balaban J connectivity index is 2.14. The molecule has 7 heavy (non-hydrogen) atoms. The van der Waals surface area contributed by atoms with Crippen molar-refractivity contribution in [3.63, 3.8) is 0 Å². The molecule has 0 amide bonds. The van der Waals surface area contributed by atoms with Crippen molar-refractivity contribution in [2.45, 2.75) is 12.8 Å². The van der Waals surface area contributed by atoms with Gasteiger partial charge in [0.1, 0.15) is 0 Å². The molecule has 3 N–H and O–H groups in total. The fraction of sp³-hybridized carbons (Fsp3) is 1.00. The highest BCUT2D eigenvalue weighted by Crippen LogP contribution is 2.01. The highest BCUT2D eigenvalue weighted by molar-refractivity contribution is 4.58. The molecule has 0 aromatic carbocycles. The van der Waals surface area contributed by atoms with Gasteiger partial charge in [-0.1, -0.05) is 0 Å². The maximum atomic E-state index is 5.11. The van der Waals surface area contributed by atoms with Crippen LogP contribution in [-0.2, 0) is 0 Å². The monoisotopic (exact) mass is 101 g/mol. The number of hydrazine groups is 2. The summed E-state index contributed by atoms with van der Waals surface area (Å²) in [5, 5.41) is 2.01. The van der Waals surface area contributed by atoms with Gasteiger partial charge in [0.15, 0.2) is 0 Å². The van der Waals surface area contributed by atoms with Gasteiger partial charge in [-0.05, 0) is 12.8 Å². The topological polar surface area (TPSA) is 41.3 Å². The maximum Gasteiger partial charge on any atom is 0.0144 e. The Bertz CT molecular complexity index is 48.9. The first kappa shape index (κ1) is 5.03. The molecule has 0 aromatic heterocycles. The lowest BCUT2D eigenvalue weighted by Crippen LogP contribution is -2.40. The van der Waals surface area contributed by atoms with E-state index in [9.17, 15) is 0 Å². The predicted molar refractivity (Wildman–Crippen MR) is 28.1 cm³/mol. The zero-order chi connectivity index (χ0) is 5.11. The van der Waals surface area contributed by atoms with E-state index in [-0.39, 0.29) is 0 Å². The molecule has 1 heterocycles. The SMILES string of the molecule is NNN1CCCC1. The molecule has 1 rings (SSSR count). The van der Waals surface area contributed by atoms with Crippen molar-refractivity contribution >= 4 is 0 Å². The van der Waals surface area contributed by atoms with Crippen molar-refractivity contribution in [2.75, 3.05) is 13.1 Å². The van der Waals surface area contributed by atoms with E-state index in [0.29, 0.717) is 0 Å². The molecule has 0 aliphatic carbocycles. The number of hydrogen-bond acceptors (Lipinski definition) is 3. The van der Waals surface area contributed by atoms with E-state index in [4.69, 9.17) is 5.84 Å². The van der Waals surface area contributed by atoms with Crippen LogP contribution < -0.4 is 11.4 Å². The Kier molecular flexibility index (Phi) is 1.62. The molecule has 0 bridgehead atoms. The second-order valence-electron chi connectivity index (χ2n) is 1.82. The summed E-state index contributed by atoms with van der Waals surface area (Å²) in [6, 6.07) is 0. The molecule has 1 fully saturated rings. The first-order valence-corrected chi connectivity index (χ1v) is 2.64. The zero-order valence-electron chi connectivity index (χ0n) is 4.35. The molecule has 3 heteroatoms. The number of rotatable bonds is 1. The summed E-state index contributed by atoms with van der Waals surface area (Å²) in [5.41, 5.74) is 2.60. The second-order valence-corrected chi connectivity index (χ2v) is 1.82. The minimum Gasteiger partial charge on any atom is -0.258 e. The molecule has 0 unspecified atom stereocenters. The molecular weight excluding hydrogens is 90.1 g/mol. The lowest BCUT2D eigenvalue weighted by atomic mass is 10.4. The second kappa shape index (κ2) is 2.26. The van der Waals surface area contributed by atoms with Crippen LogP contribution in [0.2, 0.25) is 0 Å². The average Bonchev–Trinajstić information content (AvgIpc) is 2.14. The average molecular weight is 101 g/mol. The number of hydrogen-bond donors (Lipinski definition) is 2. The van der Waals surface area contributed by atoms with Crippen LogP contribution in [0.25, 0.3) is 0 Å². The fourth-order valence-electron chi connectivity index (χ4n) is 0.846. The van der Waals surface area contributed by atoms with Crippen LogP contribution in [0.4, 0.5) is 0 Å². The highest BCUT2D eigenvalue weighted by atomic mass is 15.6. The smallest absolute Gasteiger partial charge is 0.0144 e. The van der Waals surface area contributed by atoms with Gasteiger partial charge < -0.3 is 0 Å². The van der Waals surface area contributed by atoms with E-state index in [2.05, 4.69) is 5.53 Å². The van der Waals surface area contributed by atoms with Crippen LogP contribution in [0, 0.1) is 0 Å². The van der Waals surface area contributed by atoms with Gasteiger partial charge in [0, 0.05) is 13.1 Å². The van der Waals surface area contributed by atoms with Gasteiger partial charge in [0.25, 0.3) is 0 Å². The van der Waals surface area contributed by atoms with Crippen LogP contribution >= 0.6 is 0 Å². The summed E-state index contributed by atoms with van der Waals surface area (Å²) in [7, 11) is 0. The Morgan fingerprint density at radius 1 is 1.29 bits per heavy atom. The zero-order valence-corrected chi connectivity index (χ0v) is 4.35. The van der Waals surface area contributed by atoms with E-state index in [0.717, 1.165) is 13.1 Å². The summed E-state index contributed by atoms with van der Waals surface area (Å²) in [5.74, 6) is 5.11. The lowest BCUT2D eigenvalue weighted by Gasteiger charge is -2.09. The van der Waals surface area contributed by atoms with Crippen LogP contribution in [0.15, 0.2) is 0 Å². The van der Waals surface area contributed by atoms with Crippen molar-refractivity contribution in [3.8, 4) is 0 Å². The van der Waals surface area contributed by atoms with E-state index in [1.807, 2.05) is 5.01 Å². The largest absolute Gasteiger partial charge is 0.258 e. The fourth-order valence-corrected chi connectivity index (χ4v) is 0.846. The summed E-state index contributed by atoms with van der Waals surface area (Å²) in [6.45, 7) is 2.22. The molecule has 1 saturated heterocycles. The summed E-state index contributed by atoms with van der Waals surface area (Å²) in [4.78, 5) is 0. The van der Waals surface area contributed by atoms with E-state index >= 15 is 0 Å². The normalized spacial score (nSPS) is 23.6. The molecule has 0 radical (unpaired) electrons. The first-order valence-electron chi connectivity index (χ1n) is 2.64. The molecule has 1 aliphatic rings. The molecule has 42 valence electrons. The molecule has 0 atom stereocenters. The molecular formula is C4H11N3. The van der Waals surface area contributed by atoms with Gasteiger partial charge in [-0.25, -0.2) is 5.01 Å². The van der Waals surface area contributed by atoms with Gasteiger partial charge in [-0.2, -0.15) is 5.53 Å². The van der Waals surface area contributed by atoms with Gasteiger partial charge in [0.05, 0.1) is 0 Å². The molecule has 1 aliphatic heterocycles. The Hall–Kier alpha value is -0.120.